The van der Waals surface area contributed by atoms with Crippen LogP contribution in [0.5, 0.6) is 5.75 Å². The molecule has 0 bridgehead atoms. The number of hydrogen-bond donors (Lipinski definition) is 3. The number of rotatable bonds is 2. The second-order valence-electron chi connectivity index (χ2n) is 2.62. The van der Waals surface area contributed by atoms with Crippen molar-refractivity contribution in [1.82, 2.24) is 0 Å². The predicted molar refractivity (Wildman–Crippen MR) is 48.8 cm³/mol. The van der Waals surface area contributed by atoms with E-state index in [1.165, 1.54) is 0 Å². The van der Waals surface area contributed by atoms with Gasteiger partial charge in [-0.1, -0.05) is 0 Å². The van der Waals surface area contributed by atoms with E-state index in [-0.39, 0.29) is 11.3 Å². The molecule has 0 saturated carbocycles. The van der Waals surface area contributed by atoms with Crippen LogP contribution < -0.4 is 5.73 Å². The predicted octanol–water partition coefficient (Wildman–Crippen LogP) is 1.60. The highest BCUT2D eigenvalue weighted by Crippen LogP contribution is 2.24. The van der Waals surface area contributed by atoms with Crippen molar-refractivity contribution in [2.24, 2.45) is 5.73 Å². The van der Waals surface area contributed by atoms with E-state index in [4.69, 9.17) is 10.8 Å². The SMILES string of the molecule is NC(CS)c1cc(F)c(O)c(F)c1. The highest BCUT2D eigenvalue weighted by molar-refractivity contribution is 7.80. The smallest absolute Gasteiger partial charge is 0.187 e. The molecule has 0 amide bonds. The maximum absolute atomic E-state index is 12.8. The molecule has 0 aliphatic rings. The van der Waals surface area contributed by atoms with Crippen molar-refractivity contribution in [2.45, 2.75) is 6.04 Å². The zero-order chi connectivity index (χ0) is 10.0. The summed E-state index contributed by atoms with van der Waals surface area (Å²) in [5.74, 6) is -2.71. The Morgan fingerprint density at radius 3 is 2.23 bits per heavy atom. The lowest BCUT2D eigenvalue weighted by Crippen LogP contribution is -2.12. The van der Waals surface area contributed by atoms with Crippen LogP contribution in [0.2, 0.25) is 0 Å². The van der Waals surface area contributed by atoms with E-state index in [0.29, 0.717) is 0 Å². The minimum absolute atomic E-state index is 0.280. The molecule has 0 saturated heterocycles. The van der Waals surface area contributed by atoms with Gasteiger partial charge in [0, 0.05) is 11.8 Å². The number of hydrogen-bond acceptors (Lipinski definition) is 3. The molecular weight excluding hydrogens is 196 g/mol. The van der Waals surface area contributed by atoms with Gasteiger partial charge < -0.3 is 10.8 Å². The number of aromatic hydroxyl groups is 1. The van der Waals surface area contributed by atoms with Gasteiger partial charge in [0.2, 0.25) is 0 Å². The maximum Gasteiger partial charge on any atom is 0.187 e. The summed E-state index contributed by atoms with van der Waals surface area (Å²) in [6.07, 6.45) is 0. The Kier molecular flexibility index (Phi) is 3.11. The Bertz CT molecular complexity index is 296. The van der Waals surface area contributed by atoms with Gasteiger partial charge in [-0.25, -0.2) is 8.78 Å². The van der Waals surface area contributed by atoms with Crippen LogP contribution >= 0.6 is 12.6 Å². The Balaban J connectivity index is 3.13. The zero-order valence-corrected chi connectivity index (χ0v) is 7.56. The standard InChI is InChI=1S/C8H9F2NOS/c9-5-1-4(7(11)3-13)2-6(10)8(5)12/h1-2,7,12-13H,3,11H2. The molecule has 5 heteroatoms. The van der Waals surface area contributed by atoms with Crippen LogP contribution in [0.15, 0.2) is 12.1 Å². The highest BCUT2D eigenvalue weighted by atomic mass is 32.1. The summed E-state index contributed by atoms with van der Waals surface area (Å²) in [4.78, 5) is 0. The fourth-order valence-corrected chi connectivity index (χ4v) is 1.12. The first-order valence-corrected chi connectivity index (χ1v) is 4.24. The van der Waals surface area contributed by atoms with Crippen molar-refractivity contribution >= 4 is 12.6 Å². The van der Waals surface area contributed by atoms with Crippen molar-refractivity contribution < 1.29 is 13.9 Å². The average Bonchev–Trinajstić information content (AvgIpc) is 2.12. The van der Waals surface area contributed by atoms with E-state index >= 15 is 0 Å². The lowest BCUT2D eigenvalue weighted by atomic mass is 10.1. The van der Waals surface area contributed by atoms with E-state index in [1.54, 1.807) is 0 Å². The summed E-state index contributed by atoms with van der Waals surface area (Å²) in [6, 6.07) is 1.46. The quantitative estimate of drug-likeness (QED) is 0.642. The van der Waals surface area contributed by atoms with Crippen molar-refractivity contribution in [3.63, 3.8) is 0 Å². The lowest BCUT2D eigenvalue weighted by molar-refractivity contribution is 0.395. The van der Waals surface area contributed by atoms with E-state index in [9.17, 15) is 8.78 Å². The first kappa shape index (κ1) is 10.3. The maximum atomic E-state index is 12.8. The van der Waals surface area contributed by atoms with Crippen LogP contribution in [0.25, 0.3) is 0 Å². The molecule has 72 valence electrons. The van der Waals surface area contributed by atoms with Crippen LogP contribution in [0.1, 0.15) is 11.6 Å². The second kappa shape index (κ2) is 3.93. The van der Waals surface area contributed by atoms with Gasteiger partial charge in [-0.2, -0.15) is 12.6 Å². The van der Waals surface area contributed by atoms with Gasteiger partial charge in [0.05, 0.1) is 0 Å². The van der Waals surface area contributed by atoms with Gasteiger partial charge in [-0.05, 0) is 17.7 Å². The van der Waals surface area contributed by atoms with Crippen LogP contribution in [0, 0.1) is 11.6 Å². The number of benzene rings is 1. The normalized spacial score (nSPS) is 12.9. The molecule has 0 aliphatic heterocycles. The fraction of sp³-hybridized carbons (Fsp3) is 0.250. The molecule has 13 heavy (non-hydrogen) atoms. The topological polar surface area (TPSA) is 46.2 Å². The molecule has 0 aromatic heterocycles. The molecule has 0 fully saturated rings. The fourth-order valence-electron chi connectivity index (χ4n) is 0.905. The molecule has 0 aliphatic carbocycles. The van der Waals surface area contributed by atoms with Gasteiger partial charge in [0.1, 0.15) is 0 Å². The zero-order valence-electron chi connectivity index (χ0n) is 6.67. The van der Waals surface area contributed by atoms with Crippen molar-refractivity contribution in [1.29, 1.82) is 0 Å². The summed E-state index contributed by atoms with van der Waals surface area (Å²) in [6.45, 7) is 0. The third kappa shape index (κ3) is 2.10. The van der Waals surface area contributed by atoms with Crippen molar-refractivity contribution in [3.05, 3.63) is 29.3 Å². The monoisotopic (exact) mass is 205 g/mol. The summed E-state index contributed by atoms with van der Waals surface area (Å²) < 4.78 is 25.5. The van der Waals surface area contributed by atoms with Crippen molar-refractivity contribution in [2.75, 3.05) is 5.75 Å². The molecule has 1 rings (SSSR count). The Hall–Kier alpha value is -0.810. The summed E-state index contributed by atoms with van der Waals surface area (Å²) >= 11 is 3.89. The average molecular weight is 205 g/mol. The number of halogens is 2. The second-order valence-corrected chi connectivity index (χ2v) is 2.99. The van der Waals surface area contributed by atoms with Gasteiger partial charge >= 0.3 is 0 Å². The molecule has 0 spiro atoms. The van der Waals surface area contributed by atoms with Gasteiger partial charge in [-0.3, -0.25) is 0 Å². The van der Waals surface area contributed by atoms with E-state index < -0.39 is 23.4 Å². The first-order valence-electron chi connectivity index (χ1n) is 3.60. The van der Waals surface area contributed by atoms with Gasteiger partial charge in [-0.15, -0.1) is 0 Å². The summed E-state index contributed by atoms with van der Waals surface area (Å²) in [5, 5.41) is 8.78. The molecule has 1 atom stereocenters. The third-order valence-electron chi connectivity index (χ3n) is 1.66. The summed E-state index contributed by atoms with van der Waals surface area (Å²) in [7, 11) is 0. The van der Waals surface area contributed by atoms with E-state index in [1.807, 2.05) is 0 Å². The lowest BCUT2D eigenvalue weighted by Gasteiger charge is -2.09. The summed E-state index contributed by atoms with van der Waals surface area (Å²) in [5.41, 5.74) is 5.77. The number of phenols is 1. The van der Waals surface area contributed by atoms with Crippen molar-refractivity contribution in [3.8, 4) is 5.75 Å². The minimum Gasteiger partial charge on any atom is -0.503 e. The van der Waals surface area contributed by atoms with E-state index in [0.717, 1.165) is 12.1 Å². The largest absolute Gasteiger partial charge is 0.503 e. The molecule has 1 unspecified atom stereocenters. The Morgan fingerprint density at radius 2 is 1.85 bits per heavy atom. The van der Waals surface area contributed by atoms with E-state index in [2.05, 4.69) is 12.6 Å². The number of nitrogens with two attached hydrogens (primary N) is 1. The highest BCUT2D eigenvalue weighted by Gasteiger charge is 2.12. The molecule has 0 radical (unpaired) electrons. The third-order valence-corrected chi connectivity index (χ3v) is 2.06. The Morgan fingerprint density at radius 1 is 1.38 bits per heavy atom. The number of phenolic OH excluding ortho intramolecular Hbond substituents is 1. The van der Waals surface area contributed by atoms with Gasteiger partial charge in [0.25, 0.3) is 0 Å². The molecule has 2 nitrogen and oxygen atoms in total. The molecule has 1 aromatic carbocycles. The van der Waals surface area contributed by atoms with Crippen LogP contribution in [0.4, 0.5) is 8.78 Å². The number of thiol groups is 1. The molecule has 0 heterocycles. The van der Waals surface area contributed by atoms with Gasteiger partial charge in [0.15, 0.2) is 17.4 Å². The Labute approximate surface area is 79.8 Å². The molecule has 3 N–H and O–H groups in total. The first-order chi connectivity index (χ1) is 6.06. The minimum atomic E-state index is -1.01. The molecular formula is C8H9F2NOS. The van der Waals surface area contributed by atoms with Crippen LogP contribution in [0.3, 0.4) is 0 Å². The molecule has 1 aromatic rings. The van der Waals surface area contributed by atoms with Crippen LogP contribution in [-0.4, -0.2) is 10.9 Å². The van der Waals surface area contributed by atoms with Crippen LogP contribution in [-0.2, 0) is 0 Å².